The third-order valence-electron chi connectivity index (χ3n) is 6.54. The number of amides is 1. The third-order valence-corrected chi connectivity index (χ3v) is 8.43. The van der Waals surface area contributed by atoms with Crippen molar-refractivity contribution in [2.75, 3.05) is 18.9 Å². The van der Waals surface area contributed by atoms with Crippen molar-refractivity contribution in [3.63, 3.8) is 0 Å². The van der Waals surface area contributed by atoms with Crippen LogP contribution in [0.25, 0.3) is 0 Å². The van der Waals surface area contributed by atoms with Gasteiger partial charge in [-0.2, -0.15) is 4.98 Å². The molecule has 0 bridgehead atoms. The number of carbonyl (C=O) groups is 2. The molecule has 226 valence electrons. The van der Waals surface area contributed by atoms with Gasteiger partial charge in [0.15, 0.2) is 6.23 Å². The summed E-state index contributed by atoms with van der Waals surface area (Å²) in [5.74, 6) is -3.05. The van der Waals surface area contributed by atoms with Gasteiger partial charge < -0.3 is 65.7 Å². The van der Waals surface area contributed by atoms with Gasteiger partial charge in [-0.15, -0.1) is 0 Å². The topological polar surface area (TPSA) is 314 Å². The van der Waals surface area contributed by atoms with Crippen molar-refractivity contribution in [2.45, 2.75) is 73.7 Å². The molecule has 1 aromatic rings. The van der Waals surface area contributed by atoms with Crippen LogP contribution in [0.3, 0.4) is 0 Å². The van der Waals surface area contributed by atoms with Crippen LogP contribution in [0.5, 0.6) is 0 Å². The zero-order valence-electron chi connectivity index (χ0n) is 20.8. The number of carboxylic acids is 1. The Labute approximate surface area is 224 Å². The van der Waals surface area contributed by atoms with Crippen LogP contribution in [0.15, 0.2) is 17.1 Å². The van der Waals surface area contributed by atoms with Gasteiger partial charge >= 0.3 is 19.3 Å². The molecule has 1 amide bonds. The van der Waals surface area contributed by atoms with E-state index in [1.165, 1.54) is 6.07 Å². The molecular formula is C20H31N4O15P. The fourth-order valence-corrected chi connectivity index (χ4v) is 5.91. The number of hydrogen-bond acceptors (Lipinski definition) is 15. The fraction of sp³-hybridized carbons (Fsp3) is 0.700. The molecule has 20 heteroatoms. The number of carbonyl (C=O) groups excluding carboxylic acids is 1. The molecule has 2 aliphatic heterocycles. The molecule has 0 aromatic carbocycles. The minimum Gasteiger partial charge on any atom is -0.479 e. The Bertz CT molecular complexity index is 1200. The first-order valence-electron chi connectivity index (χ1n) is 11.7. The Morgan fingerprint density at radius 1 is 1.32 bits per heavy atom. The number of aromatic nitrogens is 2. The molecule has 2 fully saturated rings. The van der Waals surface area contributed by atoms with Crippen molar-refractivity contribution in [1.29, 1.82) is 0 Å². The summed E-state index contributed by atoms with van der Waals surface area (Å²) in [7, 11) is -5.60. The lowest BCUT2D eigenvalue weighted by Crippen LogP contribution is -2.67. The molecule has 1 aromatic heterocycles. The minimum atomic E-state index is -5.60. The van der Waals surface area contributed by atoms with Crippen molar-refractivity contribution in [3.8, 4) is 0 Å². The average molecular weight is 598 g/mol. The Hall–Kier alpha value is -2.55. The second kappa shape index (κ2) is 12.1. The van der Waals surface area contributed by atoms with E-state index in [1.54, 1.807) is 0 Å². The van der Waals surface area contributed by atoms with Gasteiger partial charge in [0.05, 0.1) is 25.4 Å². The fourth-order valence-electron chi connectivity index (χ4n) is 4.43. The van der Waals surface area contributed by atoms with Crippen molar-refractivity contribution in [3.05, 3.63) is 22.7 Å². The molecule has 40 heavy (non-hydrogen) atoms. The highest BCUT2D eigenvalue weighted by Gasteiger charge is 2.65. The molecule has 3 rings (SSSR count). The second-order valence-electron chi connectivity index (χ2n) is 9.32. The third kappa shape index (κ3) is 6.04. The van der Waals surface area contributed by atoms with Gasteiger partial charge in [-0.1, -0.05) is 0 Å². The zero-order chi connectivity index (χ0) is 30.2. The average Bonchev–Trinajstić information content (AvgIpc) is 3.15. The summed E-state index contributed by atoms with van der Waals surface area (Å²) in [5.41, 5.74) is 4.46. The summed E-state index contributed by atoms with van der Waals surface area (Å²) >= 11 is 0. The molecule has 0 radical (unpaired) electrons. The minimum absolute atomic E-state index is 0.139. The number of aliphatic hydroxyl groups excluding tert-OH is 6. The lowest BCUT2D eigenvalue weighted by molar-refractivity contribution is -0.212. The number of nitrogens with zero attached hydrogens (tertiary/aromatic N) is 2. The van der Waals surface area contributed by atoms with E-state index in [0.717, 1.165) is 17.7 Å². The maximum atomic E-state index is 13.4. The summed E-state index contributed by atoms with van der Waals surface area (Å²) in [6, 6.07) is -0.394. The van der Waals surface area contributed by atoms with Gasteiger partial charge in [-0.25, -0.2) is 9.59 Å². The monoisotopic (exact) mass is 598 g/mol. The standard InChI is InChI=1S/C20H31N4O15P/c1-7(26)22-12-8(27)4-20(18(32)33,39-16(12)13(29)9(28)5-25)40(35,36)37-6-10-14(30)15(31)17(38-10)24-3-2-11(21)23-19(24)34/h2-3,8-10,12-17,25,27-31H,4-6H2,1H3,(H,22,26)(H,32,33)(H,35,36)(H2,21,23,34)/t8-,9+,10+,12+,13+,14-,15-,16+,17+,20-/m0/s1. The summed E-state index contributed by atoms with van der Waals surface area (Å²) in [6.07, 6.45) is -14.9. The van der Waals surface area contributed by atoms with Crippen molar-refractivity contribution < 1.29 is 68.8 Å². The van der Waals surface area contributed by atoms with Gasteiger partial charge in [-0.3, -0.25) is 13.9 Å². The normalized spacial score (nSPS) is 35.5. The number of ether oxygens (including phenoxy) is 2. The number of aliphatic carboxylic acids is 1. The molecule has 1 unspecified atom stereocenters. The molecule has 0 saturated carbocycles. The van der Waals surface area contributed by atoms with Crippen LogP contribution >= 0.6 is 7.60 Å². The molecule has 2 saturated heterocycles. The highest BCUT2D eigenvalue weighted by Crippen LogP contribution is 2.61. The maximum absolute atomic E-state index is 13.4. The number of aliphatic hydroxyl groups is 6. The molecule has 11 N–H and O–H groups in total. The lowest BCUT2D eigenvalue weighted by atomic mass is 9.89. The number of hydrogen-bond donors (Lipinski definition) is 10. The van der Waals surface area contributed by atoms with Gasteiger partial charge in [0.1, 0.15) is 42.4 Å². The van der Waals surface area contributed by atoms with E-state index < -0.39 is 105 Å². The number of rotatable bonds is 10. The van der Waals surface area contributed by atoms with Crippen molar-refractivity contribution in [1.82, 2.24) is 14.9 Å². The number of carboxylic acid groups (broad SMARTS) is 1. The van der Waals surface area contributed by atoms with Crippen LogP contribution in [0.4, 0.5) is 5.82 Å². The summed E-state index contributed by atoms with van der Waals surface area (Å²) in [4.78, 5) is 50.3. The van der Waals surface area contributed by atoms with E-state index in [4.69, 9.17) is 19.7 Å². The zero-order valence-corrected chi connectivity index (χ0v) is 21.7. The Morgan fingerprint density at radius 2 is 1.98 bits per heavy atom. The smallest absolute Gasteiger partial charge is 0.371 e. The Balaban J connectivity index is 1.87. The molecular weight excluding hydrogens is 567 g/mol. The SMILES string of the molecule is CC(=O)N[C@H]1[C@H]([C@H](O)[C@H](O)CO)O[C@](C(=O)O)(P(=O)(O)OC[C@H]2O[C@@H](n3ccc(N)nc3=O)[C@@H](O)[C@H]2O)C[C@@H]1O. The van der Waals surface area contributed by atoms with E-state index >= 15 is 0 Å². The van der Waals surface area contributed by atoms with Crippen molar-refractivity contribution >= 4 is 25.3 Å². The summed E-state index contributed by atoms with van der Waals surface area (Å²) in [6.45, 7) is -1.10. The van der Waals surface area contributed by atoms with E-state index in [1.807, 2.05) is 0 Å². The molecule has 19 nitrogen and oxygen atoms in total. The number of nitrogen functional groups attached to an aromatic ring is 1. The first-order chi connectivity index (χ1) is 18.6. The largest absolute Gasteiger partial charge is 0.479 e. The Morgan fingerprint density at radius 3 is 2.52 bits per heavy atom. The maximum Gasteiger partial charge on any atom is 0.371 e. The first kappa shape index (κ1) is 32.0. The summed E-state index contributed by atoms with van der Waals surface area (Å²) < 4.78 is 29.8. The van der Waals surface area contributed by atoms with E-state index in [9.17, 15) is 59.6 Å². The quantitative estimate of drug-likeness (QED) is 0.112. The van der Waals surface area contributed by atoms with Crippen LogP contribution in [0, 0.1) is 0 Å². The highest BCUT2D eigenvalue weighted by atomic mass is 31.2. The van der Waals surface area contributed by atoms with Crippen LogP contribution < -0.4 is 16.7 Å². The van der Waals surface area contributed by atoms with Crippen LogP contribution in [-0.4, -0.2) is 129 Å². The van der Waals surface area contributed by atoms with Crippen LogP contribution in [0.2, 0.25) is 0 Å². The van der Waals surface area contributed by atoms with Gasteiger partial charge in [0, 0.05) is 19.5 Å². The van der Waals surface area contributed by atoms with Crippen molar-refractivity contribution in [2.24, 2.45) is 0 Å². The van der Waals surface area contributed by atoms with E-state index in [0.29, 0.717) is 0 Å². The number of anilines is 1. The predicted octanol–water partition coefficient (Wildman–Crippen LogP) is -5.20. The molecule has 0 spiro atoms. The van der Waals surface area contributed by atoms with Gasteiger partial charge in [0.25, 0.3) is 5.34 Å². The lowest BCUT2D eigenvalue weighted by Gasteiger charge is -2.47. The second-order valence-corrected chi connectivity index (χ2v) is 11.3. The molecule has 2 aliphatic rings. The predicted molar refractivity (Wildman–Crippen MR) is 127 cm³/mol. The molecule has 3 heterocycles. The van der Waals surface area contributed by atoms with Crippen LogP contribution in [0.1, 0.15) is 19.6 Å². The number of nitrogens with two attached hydrogens (primary N) is 1. The molecule has 0 aliphatic carbocycles. The van der Waals surface area contributed by atoms with Gasteiger partial charge in [0.2, 0.25) is 5.91 Å². The van der Waals surface area contributed by atoms with Gasteiger partial charge in [-0.05, 0) is 6.07 Å². The Kier molecular flexibility index (Phi) is 9.70. The van der Waals surface area contributed by atoms with E-state index in [2.05, 4.69) is 10.3 Å². The number of nitrogens with one attached hydrogen (secondary N) is 1. The van der Waals surface area contributed by atoms with Crippen LogP contribution in [-0.2, 0) is 28.2 Å². The molecule has 11 atom stereocenters. The highest BCUT2D eigenvalue weighted by molar-refractivity contribution is 7.55. The first-order valence-corrected chi connectivity index (χ1v) is 13.3. The van der Waals surface area contributed by atoms with E-state index in [-0.39, 0.29) is 5.82 Å². The summed E-state index contributed by atoms with van der Waals surface area (Å²) in [5, 5.41) is 69.8.